The first kappa shape index (κ1) is 21.0. The number of hydrogen-bond acceptors (Lipinski definition) is 4. The number of carbonyl (C=O) groups excluding carboxylic acids is 1. The van der Waals surface area contributed by atoms with Crippen molar-refractivity contribution in [2.75, 3.05) is 26.2 Å². The fraction of sp³-hybridized carbons (Fsp3) is 0.304. The van der Waals surface area contributed by atoms with Gasteiger partial charge < -0.3 is 9.64 Å². The molecule has 0 aliphatic carbocycles. The number of rotatable bonds is 6. The van der Waals surface area contributed by atoms with E-state index < -0.39 is 11.6 Å². The Hall–Kier alpha value is -3.26. The Labute approximate surface area is 179 Å². The maximum atomic E-state index is 13.9. The standard InChI is InChI=1S/C23H24F2N4O2/c1-17-5-2-3-8-21(17)31-16-29-10-9-20(26-29)23(30)28-13-11-27(12-14-28)15-18-6-4-7-19(24)22(18)25/h2-10H,11-16H2,1H3. The molecule has 2 heterocycles. The number of benzene rings is 2. The number of para-hydroxylation sites is 1. The molecule has 0 radical (unpaired) electrons. The van der Waals surface area contributed by atoms with Crippen LogP contribution in [0.25, 0.3) is 0 Å². The van der Waals surface area contributed by atoms with Crippen LogP contribution in [0.15, 0.2) is 54.7 Å². The molecule has 1 aliphatic rings. The third kappa shape index (κ3) is 4.91. The molecule has 1 fully saturated rings. The minimum Gasteiger partial charge on any atom is -0.471 e. The molecule has 0 unspecified atom stereocenters. The van der Waals surface area contributed by atoms with Crippen LogP contribution in [0.4, 0.5) is 8.78 Å². The lowest BCUT2D eigenvalue weighted by Crippen LogP contribution is -2.48. The third-order valence-electron chi connectivity index (χ3n) is 5.39. The van der Waals surface area contributed by atoms with Crippen LogP contribution in [0.1, 0.15) is 21.6 Å². The highest BCUT2D eigenvalue weighted by Crippen LogP contribution is 2.17. The number of ether oxygens (including phenoxy) is 1. The van der Waals surface area contributed by atoms with Gasteiger partial charge in [0, 0.05) is 44.5 Å². The lowest BCUT2D eigenvalue weighted by Gasteiger charge is -2.34. The van der Waals surface area contributed by atoms with Crippen molar-refractivity contribution in [3.05, 3.63) is 83.2 Å². The van der Waals surface area contributed by atoms with E-state index in [1.54, 1.807) is 27.9 Å². The van der Waals surface area contributed by atoms with E-state index >= 15 is 0 Å². The summed E-state index contributed by atoms with van der Waals surface area (Å²) >= 11 is 0. The van der Waals surface area contributed by atoms with Crippen LogP contribution in [0, 0.1) is 18.6 Å². The molecule has 162 valence electrons. The molecule has 0 saturated carbocycles. The van der Waals surface area contributed by atoms with Gasteiger partial charge in [0.15, 0.2) is 24.1 Å². The fourth-order valence-corrected chi connectivity index (χ4v) is 3.58. The Balaban J connectivity index is 1.30. The number of piperazine rings is 1. The van der Waals surface area contributed by atoms with Gasteiger partial charge >= 0.3 is 0 Å². The van der Waals surface area contributed by atoms with Crippen molar-refractivity contribution >= 4 is 5.91 Å². The first-order valence-electron chi connectivity index (χ1n) is 10.2. The summed E-state index contributed by atoms with van der Waals surface area (Å²) in [6, 6.07) is 13.6. The molecule has 6 nitrogen and oxygen atoms in total. The average molecular weight is 426 g/mol. The zero-order chi connectivity index (χ0) is 21.8. The van der Waals surface area contributed by atoms with E-state index in [4.69, 9.17) is 4.74 Å². The summed E-state index contributed by atoms with van der Waals surface area (Å²) in [6.45, 7) is 4.67. The van der Waals surface area contributed by atoms with Gasteiger partial charge in [0.25, 0.3) is 5.91 Å². The van der Waals surface area contributed by atoms with E-state index in [0.29, 0.717) is 44.0 Å². The average Bonchev–Trinajstić information content (AvgIpc) is 3.25. The van der Waals surface area contributed by atoms with Gasteiger partial charge in [-0.2, -0.15) is 5.10 Å². The number of carbonyl (C=O) groups is 1. The van der Waals surface area contributed by atoms with Crippen molar-refractivity contribution < 1.29 is 18.3 Å². The monoisotopic (exact) mass is 426 g/mol. The van der Waals surface area contributed by atoms with Gasteiger partial charge in [-0.1, -0.05) is 30.3 Å². The van der Waals surface area contributed by atoms with Crippen molar-refractivity contribution in [2.24, 2.45) is 0 Å². The zero-order valence-corrected chi connectivity index (χ0v) is 17.3. The highest BCUT2D eigenvalue weighted by molar-refractivity contribution is 5.92. The molecule has 0 atom stereocenters. The molecule has 1 aromatic heterocycles. The summed E-state index contributed by atoms with van der Waals surface area (Å²) in [5.74, 6) is -1.02. The van der Waals surface area contributed by atoms with E-state index in [1.165, 1.54) is 6.07 Å². The predicted molar refractivity (Wildman–Crippen MR) is 112 cm³/mol. The van der Waals surface area contributed by atoms with Crippen LogP contribution in [0.5, 0.6) is 5.75 Å². The molecule has 1 aliphatic heterocycles. The van der Waals surface area contributed by atoms with Gasteiger partial charge in [0.05, 0.1) is 0 Å². The Bertz CT molecular complexity index is 1060. The van der Waals surface area contributed by atoms with Crippen LogP contribution in [-0.2, 0) is 13.3 Å². The van der Waals surface area contributed by atoms with Crippen molar-refractivity contribution in [3.8, 4) is 5.75 Å². The highest BCUT2D eigenvalue weighted by Gasteiger charge is 2.24. The largest absolute Gasteiger partial charge is 0.471 e. The van der Waals surface area contributed by atoms with E-state index in [1.807, 2.05) is 36.1 Å². The van der Waals surface area contributed by atoms with Crippen LogP contribution < -0.4 is 4.74 Å². The summed E-state index contributed by atoms with van der Waals surface area (Å²) in [5, 5.41) is 4.33. The van der Waals surface area contributed by atoms with Crippen LogP contribution in [-0.4, -0.2) is 51.7 Å². The van der Waals surface area contributed by atoms with Crippen molar-refractivity contribution in [2.45, 2.75) is 20.2 Å². The van der Waals surface area contributed by atoms with Crippen LogP contribution in [0.2, 0.25) is 0 Å². The SMILES string of the molecule is Cc1ccccc1OCn1ccc(C(=O)N2CCN(Cc3cccc(F)c3F)CC2)n1. The Morgan fingerprint density at radius 3 is 2.58 bits per heavy atom. The van der Waals surface area contributed by atoms with Gasteiger partial charge in [-0.3, -0.25) is 9.69 Å². The molecule has 4 rings (SSSR count). The molecule has 1 amide bonds. The smallest absolute Gasteiger partial charge is 0.274 e. The number of amides is 1. The minimum absolute atomic E-state index is 0.147. The second-order valence-corrected chi connectivity index (χ2v) is 7.56. The van der Waals surface area contributed by atoms with E-state index in [9.17, 15) is 13.6 Å². The quantitative estimate of drug-likeness (QED) is 0.606. The normalized spacial score (nSPS) is 14.6. The number of aromatic nitrogens is 2. The molecule has 0 bridgehead atoms. The Kier molecular flexibility index (Phi) is 6.27. The van der Waals surface area contributed by atoms with Crippen molar-refractivity contribution in [1.82, 2.24) is 19.6 Å². The van der Waals surface area contributed by atoms with Gasteiger partial charge in [0.2, 0.25) is 0 Å². The molecule has 2 aromatic carbocycles. The molecular formula is C23H24F2N4O2. The van der Waals surface area contributed by atoms with Crippen molar-refractivity contribution in [3.63, 3.8) is 0 Å². The van der Waals surface area contributed by atoms with E-state index in [-0.39, 0.29) is 12.6 Å². The number of hydrogen-bond donors (Lipinski definition) is 0. The topological polar surface area (TPSA) is 50.6 Å². The summed E-state index contributed by atoms with van der Waals surface area (Å²) in [6.07, 6.45) is 1.72. The number of nitrogens with zero attached hydrogens (tertiary/aromatic N) is 4. The summed E-state index contributed by atoms with van der Waals surface area (Å²) in [4.78, 5) is 16.5. The lowest BCUT2D eigenvalue weighted by atomic mass is 10.1. The third-order valence-corrected chi connectivity index (χ3v) is 5.39. The predicted octanol–water partition coefficient (Wildman–Crippen LogP) is 3.46. The van der Waals surface area contributed by atoms with E-state index in [2.05, 4.69) is 5.10 Å². The maximum absolute atomic E-state index is 13.9. The Morgan fingerprint density at radius 2 is 1.81 bits per heavy atom. The van der Waals surface area contributed by atoms with Gasteiger partial charge in [-0.15, -0.1) is 0 Å². The Morgan fingerprint density at radius 1 is 1.03 bits per heavy atom. The highest BCUT2D eigenvalue weighted by atomic mass is 19.2. The first-order valence-corrected chi connectivity index (χ1v) is 10.2. The molecule has 0 spiro atoms. The molecular weight excluding hydrogens is 402 g/mol. The first-order chi connectivity index (χ1) is 15.0. The number of halogens is 2. The maximum Gasteiger partial charge on any atom is 0.274 e. The summed E-state index contributed by atoms with van der Waals surface area (Å²) < 4.78 is 34.6. The van der Waals surface area contributed by atoms with Gasteiger partial charge in [-0.25, -0.2) is 13.5 Å². The molecule has 8 heteroatoms. The molecule has 1 saturated heterocycles. The van der Waals surface area contributed by atoms with Crippen LogP contribution in [0.3, 0.4) is 0 Å². The molecule has 0 N–H and O–H groups in total. The summed E-state index contributed by atoms with van der Waals surface area (Å²) in [7, 11) is 0. The van der Waals surface area contributed by atoms with E-state index in [0.717, 1.165) is 17.4 Å². The zero-order valence-electron chi connectivity index (χ0n) is 17.3. The molecule has 31 heavy (non-hydrogen) atoms. The fourth-order valence-electron chi connectivity index (χ4n) is 3.58. The minimum atomic E-state index is -0.840. The second kappa shape index (κ2) is 9.26. The number of aryl methyl sites for hydroxylation is 1. The second-order valence-electron chi connectivity index (χ2n) is 7.56. The molecule has 3 aromatic rings. The van der Waals surface area contributed by atoms with Crippen molar-refractivity contribution in [1.29, 1.82) is 0 Å². The van der Waals surface area contributed by atoms with Crippen LogP contribution >= 0.6 is 0 Å². The van der Waals surface area contributed by atoms with Gasteiger partial charge in [-0.05, 0) is 30.7 Å². The lowest BCUT2D eigenvalue weighted by molar-refractivity contribution is 0.0619. The van der Waals surface area contributed by atoms with Gasteiger partial charge in [0.1, 0.15) is 5.75 Å². The summed E-state index contributed by atoms with van der Waals surface area (Å²) in [5.41, 5.74) is 1.71.